The fourth-order valence-electron chi connectivity index (χ4n) is 5.54. The number of nitrogens with zero attached hydrogens (tertiary/aromatic N) is 2. The first kappa shape index (κ1) is 37.7. The minimum absolute atomic E-state index is 0.0386. The lowest BCUT2D eigenvalue weighted by atomic mass is 9.95. The van der Waals surface area contributed by atoms with Crippen LogP contribution in [0.5, 0.6) is 11.5 Å². The number of ketones is 2. The van der Waals surface area contributed by atoms with Gasteiger partial charge in [0.15, 0.2) is 5.71 Å². The van der Waals surface area contributed by atoms with Crippen LogP contribution in [0.4, 0.5) is 11.4 Å². The van der Waals surface area contributed by atoms with Crippen LogP contribution in [-0.4, -0.2) is 76.1 Å². The average molecular weight is 795 g/mol. The van der Waals surface area contributed by atoms with E-state index in [1.807, 2.05) is 0 Å². The molecular formula is C34H26N4O13S3. The van der Waals surface area contributed by atoms with Gasteiger partial charge in [0, 0.05) is 16.7 Å². The number of Topliss-reactive ketones (excluding diaryl/α,β-unsaturated/α-hetero) is 2. The Bertz CT molecular complexity index is 2760. The van der Waals surface area contributed by atoms with Gasteiger partial charge < -0.3 is 9.47 Å². The maximum Gasteiger partial charge on any atom is 0.296 e. The molecule has 0 radical (unpaired) electrons. The summed E-state index contributed by atoms with van der Waals surface area (Å²) in [7, 11) is -11.7. The highest BCUT2D eigenvalue weighted by molar-refractivity contribution is 7.95. The molecule has 0 saturated heterocycles. The van der Waals surface area contributed by atoms with E-state index in [1.54, 1.807) is 36.4 Å². The van der Waals surface area contributed by atoms with Crippen molar-refractivity contribution in [3.63, 3.8) is 0 Å². The van der Waals surface area contributed by atoms with Crippen molar-refractivity contribution in [2.75, 3.05) is 25.1 Å². The largest absolute Gasteiger partial charge is 0.494 e. The van der Waals surface area contributed by atoms with Crippen LogP contribution in [0.15, 0.2) is 105 Å². The summed E-state index contributed by atoms with van der Waals surface area (Å²) in [5.41, 5.74) is 5.65. The number of methoxy groups -OCH3 is 2. The lowest BCUT2D eigenvalue weighted by molar-refractivity contribution is 0.105. The van der Waals surface area contributed by atoms with E-state index in [0.29, 0.717) is 16.8 Å². The Balaban J connectivity index is 1.28. The molecule has 0 saturated carbocycles. The SMILES string of the molecule is COc1cc(-c2ccc(N/N=C3/C(=O)c4ccc(S(=O)(=O)O)cc4C=C3S(=O)(=O)O)c(OC)c2)ccc1N/N=C1/C=C(S(=O)(=O)O)c2ccccc2C1=O. The van der Waals surface area contributed by atoms with Crippen LogP contribution < -0.4 is 20.3 Å². The lowest BCUT2D eigenvalue weighted by Crippen LogP contribution is -2.27. The molecule has 6 rings (SSSR count). The molecule has 54 heavy (non-hydrogen) atoms. The number of fused-ring (bicyclic) bond motifs is 2. The zero-order valence-electron chi connectivity index (χ0n) is 27.7. The molecule has 17 nitrogen and oxygen atoms in total. The number of ether oxygens (including phenoxy) is 2. The molecule has 0 atom stereocenters. The zero-order valence-corrected chi connectivity index (χ0v) is 30.2. The van der Waals surface area contributed by atoms with Crippen LogP contribution in [0.25, 0.3) is 22.1 Å². The third-order valence-electron chi connectivity index (χ3n) is 8.12. The van der Waals surface area contributed by atoms with Crippen molar-refractivity contribution >= 4 is 75.7 Å². The number of benzene rings is 4. The number of hydrazone groups is 2. The minimum atomic E-state index is -5.06. The van der Waals surface area contributed by atoms with Gasteiger partial charge in [0.1, 0.15) is 27.0 Å². The summed E-state index contributed by atoms with van der Waals surface area (Å²) >= 11 is 0. The molecule has 5 N–H and O–H groups in total. The van der Waals surface area contributed by atoms with Crippen molar-refractivity contribution in [3.05, 3.63) is 112 Å². The van der Waals surface area contributed by atoms with Crippen LogP contribution in [0.2, 0.25) is 0 Å². The van der Waals surface area contributed by atoms with Crippen molar-refractivity contribution in [1.29, 1.82) is 0 Å². The Morgan fingerprint density at radius 3 is 1.67 bits per heavy atom. The molecule has 0 bridgehead atoms. The number of hydrogen-bond donors (Lipinski definition) is 5. The molecule has 0 unspecified atom stereocenters. The molecule has 0 aliphatic heterocycles. The first-order valence-corrected chi connectivity index (χ1v) is 19.5. The van der Waals surface area contributed by atoms with E-state index in [-0.39, 0.29) is 45.2 Å². The maximum atomic E-state index is 13.3. The summed E-state index contributed by atoms with van der Waals surface area (Å²) < 4.78 is 112. The molecular weight excluding hydrogens is 769 g/mol. The maximum absolute atomic E-state index is 13.3. The third-order valence-corrected chi connectivity index (χ3v) is 10.7. The molecule has 278 valence electrons. The second-order valence-corrected chi connectivity index (χ2v) is 15.6. The number of carbonyl (C=O) groups excluding carboxylic acids is 2. The zero-order chi connectivity index (χ0) is 39.2. The number of allylic oxidation sites excluding steroid dienone is 2. The predicted octanol–water partition coefficient (Wildman–Crippen LogP) is 4.40. The monoisotopic (exact) mass is 794 g/mol. The van der Waals surface area contributed by atoms with Gasteiger partial charge in [-0.2, -0.15) is 35.5 Å². The van der Waals surface area contributed by atoms with E-state index in [4.69, 9.17) is 9.47 Å². The highest BCUT2D eigenvalue weighted by Crippen LogP contribution is 2.36. The van der Waals surface area contributed by atoms with Crippen LogP contribution in [-0.2, 0) is 30.4 Å². The molecule has 4 aromatic rings. The summed E-state index contributed by atoms with van der Waals surface area (Å²) in [6, 6.07) is 18.4. The first-order chi connectivity index (χ1) is 25.4. The molecule has 20 heteroatoms. The fourth-order valence-corrected chi connectivity index (χ4v) is 7.43. The fraction of sp³-hybridized carbons (Fsp3) is 0.0588. The van der Waals surface area contributed by atoms with Crippen LogP contribution in [0.3, 0.4) is 0 Å². The van der Waals surface area contributed by atoms with E-state index in [2.05, 4.69) is 21.1 Å². The van der Waals surface area contributed by atoms with Gasteiger partial charge >= 0.3 is 0 Å². The van der Waals surface area contributed by atoms with Crippen LogP contribution in [0.1, 0.15) is 31.8 Å². The third kappa shape index (κ3) is 7.42. The molecule has 0 aromatic heterocycles. The number of anilines is 2. The van der Waals surface area contributed by atoms with Crippen molar-refractivity contribution in [2.45, 2.75) is 4.90 Å². The normalized spacial score (nSPS) is 15.9. The van der Waals surface area contributed by atoms with Crippen molar-refractivity contribution in [1.82, 2.24) is 0 Å². The molecule has 0 heterocycles. The van der Waals surface area contributed by atoms with Crippen LogP contribution >= 0.6 is 0 Å². The van der Waals surface area contributed by atoms with Crippen molar-refractivity contribution in [3.8, 4) is 22.6 Å². The number of nitrogens with one attached hydrogen (secondary N) is 2. The molecule has 0 spiro atoms. The Kier molecular flexibility index (Phi) is 9.83. The summed E-state index contributed by atoms with van der Waals surface area (Å²) in [6.07, 6.45) is 1.81. The molecule has 0 amide bonds. The standard InChI is InChI=1S/C34H26N4O13S3/c1-50-28-14-18(7-11-25(28)35-37-27-17-30(53(44,45)46)23-5-3-4-6-24(23)33(27)39)19-8-12-26(29(15-19)51-2)36-38-32-31(54(47,48)49)16-20-13-21(52(41,42)43)9-10-22(20)34(32)40/h3-17,35-36H,1-2H3,(H,41,42,43)(H,44,45,46)(H,47,48,49)/b37-27-,38-32+. The molecule has 2 aliphatic rings. The number of carbonyl (C=O) groups is 2. The Labute approximate surface area is 307 Å². The Morgan fingerprint density at radius 2 is 1.13 bits per heavy atom. The van der Waals surface area contributed by atoms with Gasteiger partial charge in [-0.15, -0.1) is 0 Å². The summed E-state index contributed by atoms with van der Waals surface area (Å²) in [4.78, 5) is 24.3. The van der Waals surface area contributed by atoms with Gasteiger partial charge in [0.2, 0.25) is 11.6 Å². The Hall–Kier alpha value is -6.03. The average Bonchev–Trinajstić information content (AvgIpc) is 3.12. The van der Waals surface area contributed by atoms with Gasteiger partial charge in [0.05, 0.1) is 30.5 Å². The molecule has 4 aromatic carbocycles. The summed E-state index contributed by atoms with van der Waals surface area (Å²) in [6.45, 7) is 0. The predicted molar refractivity (Wildman–Crippen MR) is 198 cm³/mol. The van der Waals surface area contributed by atoms with E-state index >= 15 is 0 Å². The van der Waals surface area contributed by atoms with Gasteiger partial charge in [-0.05, 0) is 71.3 Å². The van der Waals surface area contributed by atoms with Gasteiger partial charge in [0.25, 0.3) is 30.4 Å². The van der Waals surface area contributed by atoms with Crippen molar-refractivity contribution < 1.29 is 58.0 Å². The smallest absolute Gasteiger partial charge is 0.296 e. The van der Waals surface area contributed by atoms with Crippen molar-refractivity contribution in [2.24, 2.45) is 10.2 Å². The molecule has 2 aliphatic carbocycles. The topological polar surface area (TPSA) is 264 Å². The van der Waals surface area contributed by atoms with E-state index in [0.717, 1.165) is 30.4 Å². The first-order valence-electron chi connectivity index (χ1n) is 15.1. The van der Waals surface area contributed by atoms with Crippen LogP contribution in [0, 0.1) is 0 Å². The second-order valence-electron chi connectivity index (χ2n) is 11.4. The Morgan fingerprint density at radius 1 is 0.574 bits per heavy atom. The highest BCUT2D eigenvalue weighted by Gasteiger charge is 2.34. The van der Waals surface area contributed by atoms with Gasteiger partial charge in [-0.3, -0.25) is 34.1 Å². The summed E-state index contributed by atoms with van der Waals surface area (Å²) in [5, 5.41) is 8.03. The van der Waals surface area contributed by atoms with E-state index in [9.17, 15) is 48.5 Å². The minimum Gasteiger partial charge on any atom is -0.494 e. The molecule has 0 fully saturated rings. The van der Waals surface area contributed by atoms with Gasteiger partial charge in [-0.1, -0.05) is 36.4 Å². The quantitative estimate of drug-likeness (QED) is 0.110. The number of hydrogen-bond acceptors (Lipinski definition) is 14. The lowest BCUT2D eigenvalue weighted by Gasteiger charge is -2.17. The summed E-state index contributed by atoms with van der Waals surface area (Å²) in [5.74, 6) is -1.11. The second kappa shape index (κ2) is 14.1. The van der Waals surface area contributed by atoms with Gasteiger partial charge in [-0.25, -0.2) is 0 Å². The highest BCUT2D eigenvalue weighted by atomic mass is 32.2. The number of rotatable bonds is 10. The van der Waals surface area contributed by atoms with E-state index in [1.165, 1.54) is 38.5 Å². The van der Waals surface area contributed by atoms with E-state index < -0.39 is 62.3 Å².